The van der Waals surface area contributed by atoms with E-state index in [9.17, 15) is 18.0 Å². The molecule has 0 N–H and O–H groups in total. The number of hydrogen-bond donors (Lipinski definition) is 0. The molecule has 0 aliphatic carbocycles. The summed E-state index contributed by atoms with van der Waals surface area (Å²) in [5.74, 6) is -1.24. The monoisotopic (exact) mass is 359 g/mol. The summed E-state index contributed by atoms with van der Waals surface area (Å²) in [5.41, 5.74) is 2.19. The van der Waals surface area contributed by atoms with E-state index < -0.39 is 21.9 Å². The van der Waals surface area contributed by atoms with Gasteiger partial charge in [0.25, 0.3) is 15.9 Å². The first-order valence-electron chi connectivity index (χ1n) is 7.77. The van der Waals surface area contributed by atoms with Gasteiger partial charge in [-0.15, -0.1) is 0 Å². The second-order valence-electron chi connectivity index (χ2n) is 5.73. The molecule has 0 spiro atoms. The Kier molecular flexibility index (Phi) is 4.34. The van der Waals surface area contributed by atoms with Crippen molar-refractivity contribution in [1.29, 1.82) is 0 Å². The normalized spacial score (nSPS) is 15.1. The molecular formula is C18H17NO5S. The van der Waals surface area contributed by atoms with Gasteiger partial charge in [-0.2, -0.15) is 0 Å². The van der Waals surface area contributed by atoms with E-state index in [1.54, 1.807) is 0 Å². The van der Waals surface area contributed by atoms with Crippen molar-refractivity contribution < 1.29 is 22.7 Å². The summed E-state index contributed by atoms with van der Waals surface area (Å²) in [6.45, 7) is 2.14. The van der Waals surface area contributed by atoms with Crippen LogP contribution in [0.25, 0.3) is 0 Å². The predicted octanol–water partition coefficient (Wildman–Crippen LogP) is 2.38. The molecule has 2 aromatic carbocycles. The molecule has 0 atom stereocenters. The van der Waals surface area contributed by atoms with Gasteiger partial charge in [-0.25, -0.2) is 17.5 Å². The van der Waals surface area contributed by atoms with Crippen molar-refractivity contribution in [3.8, 4) is 0 Å². The first-order chi connectivity index (χ1) is 11.8. The fraction of sp³-hybridized carbons (Fsp3) is 0.222. The number of aryl methyl sites for hydroxylation is 1. The van der Waals surface area contributed by atoms with E-state index in [1.807, 2.05) is 24.3 Å². The number of ether oxygens (including phenoxy) is 1. The van der Waals surface area contributed by atoms with E-state index in [1.165, 1.54) is 30.8 Å². The number of sulfonamides is 1. The average Bonchev–Trinajstić information content (AvgIpc) is 2.80. The quantitative estimate of drug-likeness (QED) is 0.783. The van der Waals surface area contributed by atoms with E-state index >= 15 is 0 Å². The molecule has 1 heterocycles. The lowest BCUT2D eigenvalue weighted by Gasteiger charge is -2.07. The van der Waals surface area contributed by atoms with Crippen molar-refractivity contribution in [2.45, 2.75) is 24.8 Å². The first kappa shape index (κ1) is 17.2. The van der Waals surface area contributed by atoms with Crippen LogP contribution in [0.15, 0.2) is 47.4 Å². The van der Waals surface area contributed by atoms with Crippen LogP contribution in [0, 0.1) is 0 Å². The lowest BCUT2D eigenvalue weighted by Crippen LogP contribution is -2.24. The van der Waals surface area contributed by atoms with Gasteiger partial charge in [0.2, 0.25) is 0 Å². The van der Waals surface area contributed by atoms with Crippen molar-refractivity contribution in [2.75, 3.05) is 7.05 Å². The second-order valence-corrected chi connectivity index (χ2v) is 7.67. The lowest BCUT2D eigenvalue weighted by molar-refractivity contribution is 0.0472. The zero-order chi connectivity index (χ0) is 18.2. The van der Waals surface area contributed by atoms with Crippen molar-refractivity contribution in [3.05, 3.63) is 64.7 Å². The van der Waals surface area contributed by atoms with Gasteiger partial charge in [-0.3, -0.25) is 4.79 Å². The average molecular weight is 359 g/mol. The van der Waals surface area contributed by atoms with Crippen LogP contribution in [0.1, 0.15) is 38.8 Å². The fourth-order valence-electron chi connectivity index (χ4n) is 2.57. The molecule has 0 aromatic heterocycles. The number of hydrogen-bond acceptors (Lipinski definition) is 5. The van der Waals surface area contributed by atoms with Crippen LogP contribution in [0.2, 0.25) is 0 Å². The molecule has 1 amide bonds. The topological polar surface area (TPSA) is 80.8 Å². The first-order valence-corrected chi connectivity index (χ1v) is 9.21. The van der Waals surface area contributed by atoms with Crippen LogP contribution in [0.4, 0.5) is 0 Å². The third-order valence-electron chi connectivity index (χ3n) is 4.17. The zero-order valence-electron chi connectivity index (χ0n) is 13.9. The molecule has 6 nitrogen and oxygen atoms in total. The molecule has 7 heteroatoms. The Morgan fingerprint density at radius 3 is 2.36 bits per heavy atom. The number of nitrogens with zero attached hydrogens (tertiary/aromatic N) is 1. The Hall–Kier alpha value is -2.67. The van der Waals surface area contributed by atoms with Crippen molar-refractivity contribution in [1.82, 2.24) is 4.31 Å². The van der Waals surface area contributed by atoms with Crippen LogP contribution in [-0.2, 0) is 27.8 Å². The van der Waals surface area contributed by atoms with Gasteiger partial charge in [0.15, 0.2) is 0 Å². The van der Waals surface area contributed by atoms with E-state index in [0.29, 0.717) is 4.31 Å². The maximum Gasteiger partial charge on any atom is 0.338 e. The summed E-state index contributed by atoms with van der Waals surface area (Å²) in [5, 5.41) is 0. The molecule has 0 saturated carbocycles. The molecule has 25 heavy (non-hydrogen) atoms. The number of carbonyl (C=O) groups excluding carboxylic acids is 2. The SMILES string of the molecule is CCc1ccc(COC(=O)c2ccc3c(c2)S(=O)(=O)N(C)C3=O)cc1. The van der Waals surface area contributed by atoms with Gasteiger partial charge in [0, 0.05) is 7.05 Å². The number of amides is 1. The minimum absolute atomic E-state index is 0.0641. The highest BCUT2D eigenvalue weighted by Gasteiger charge is 2.39. The largest absolute Gasteiger partial charge is 0.457 e. The predicted molar refractivity (Wildman–Crippen MR) is 90.7 cm³/mol. The molecule has 0 fully saturated rings. The van der Waals surface area contributed by atoms with Gasteiger partial charge in [-0.1, -0.05) is 31.2 Å². The second kappa shape index (κ2) is 6.33. The molecular weight excluding hydrogens is 342 g/mol. The highest BCUT2D eigenvalue weighted by atomic mass is 32.2. The number of rotatable bonds is 4. The van der Waals surface area contributed by atoms with Gasteiger partial charge in [0.1, 0.15) is 11.5 Å². The summed E-state index contributed by atoms with van der Waals surface area (Å²) in [4.78, 5) is 23.9. The lowest BCUT2D eigenvalue weighted by atomic mass is 10.1. The maximum atomic E-state index is 12.2. The van der Waals surface area contributed by atoms with Crippen molar-refractivity contribution >= 4 is 21.9 Å². The molecule has 3 rings (SSSR count). The van der Waals surface area contributed by atoms with Crippen LogP contribution < -0.4 is 0 Å². The van der Waals surface area contributed by atoms with E-state index in [2.05, 4.69) is 6.92 Å². The zero-order valence-corrected chi connectivity index (χ0v) is 14.7. The Labute approximate surface area is 146 Å². The van der Waals surface area contributed by atoms with E-state index in [0.717, 1.165) is 12.0 Å². The molecule has 0 bridgehead atoms. The third-order valence-corrected chi connectivity index (χ3v) is 5.95. The molecule has 0 unspecified atom stereocenters. The summed E-state index contributed by atoms with van der Waals surface area (Å²) in [6.07, 6.45) is 0.927. The summed E-state index contributed by atoms with van der Waals surface area (Å²) >= 11 is 0. The van der Waals surface area contributed by atoms with Gasteiger partial charge in [0.05, 0.1) is 11.1 Å². The van der Waals surface area contributed by atoms with Gasteiger partial charge in [-0.05, 0) is 35.7 Å². The molecule has 130 valence electrons. The highest BCUT2D eigenvalue weighted by Crippen LogP contribution is 2.29. The Morgan fingerprint density at radius 1 is 1.08 bits per heavy atom. The van der Waals surface area contributed by atoms with E-state index in [4.69, 9.17) is 4.74 Å². The van der Waals surface area contributed by atoms with Gasteiger partial charge >= 0.3 is 5.97 Å². The maximum absolute atomic E-state index is 12.2. The molecule has 0 radical (unpaired) electrons. The van der Waals surface area contributed by atoms with Crippen molar-refractivity contribution in [2.24, 2.45) is 0 Å². The van der Waals surface area contributed by atoms with Crippen LogP contribution >= 0.6 is 0 Å². The Bertz CT molecular complexity index is 948. The molecule has 1 aliphatic rings. The fourth-order valence-corrected chi connectivity index (χ4v) is 3.89. The number of esters is 1. The minimum Gasteiger partial charge on any atom is -0.457 e. The minimum atomic E-state index is -3.89. The summed E-state index contributed by atoms with van der Waals surface area (Å²) in [6, 6.07) is 11.6. The van der Waals surface area contributed by atoms with Crippen LogP contribution in [0.5, 0.6) is 0 Å². The molecule has 2 aromatic rings. The molecule has 0 saturated heterocycles. The van der Waals surface area contributed by atoms with Gasteiger partial charge < -0.3 is 4.74 Å². The molecule has 1 aliphatic heterocycles. The van der Waals surface area contributed by atoms with Crippen molar-refractivity contribution in [3.63, 3.8) is 0 Å². The smallest absolute Gasteiger partial charge is 0.338 e. The summed E-state index contributed by atoms with van der Waals surface area (Å²) in [7, 11) is -2.70. The highest BCUT2D eigenvalue weighted by molar-refractivity contribution is 7.90. The number of benzene rings is 2. The number of fused-ring (bicyclic) bond motifs is 1. The standard InChI is InChI=1S/C18H17NO5S/c1-3-12-4-6-13(7-5-12)11-24-18(21)14-8-9-15-16(10-14)25(22,23)19(2)17(15)20/h4-10H,3,11H2,1-2H3. The van der Waals surface area contributed by atoms with E-state index in [-0.39, 0.29) is 22.6 Å². The number of carbonyl (C=O) groups is 2. The third kappa shape index (κ3) is 3.02. The Balaban J connectivity index is 1.78. The summed E-state index contributed by atoms with van der Waals surface area (Å²) < 4.78 is 30.2. The Morgan fingerprint density at radius 2 is 1.72 bits per heavy atom. The van der Waals surface area contributed by atoms with Crippen LogP contribution in [0.3, 0.4) is 0 Å². The van der Waals surface area contributed by atoms with Crippen LogP contribution in [-0.4, -0.2) is 31.6 Å².